The molecule has 0 amide bonds. The summed E-state index contributed by atoms with van der Waals surface area (Å²) in [4.78, 5) is 38.7. The lowest BCUT2D eigenvalue weighted by Gasteiger charge is -2.47. The molecule has 10 nitrogen and oxygen atoms in total. The van der Waals surface area contributed by atoms with E-state index in [-0.39, 0.29) is 33.0 Å². The van der Waals surface area contributed by atoms with Gasteiger partial charge in [0.15, 0.2) is 0 Å². The lowest BCUT2D eigenvalue weighted by Crippen LogP contribution is -2.64. The Kier molecular flexibility index (Phi) is 8.36. The molecular weight excluding hydrogens is 430 g/mol. The molecule has 0 aromatic heterocycles. The van der Waals surface area contributed by atoms with Crippen molar-refractivity contribution < 1.29 is 34.4 Å². The van der Waals surface area contributed by atoms with Crippen molar-refractivity contribution in [1.82, 2.24) is 14.7 Å². The fourth-order valence-corrected chi connectivity index (χ4v) is 3.86. The fraction of sp³-hybridized carbons (Fsp3) is 0.348. The quantitative estimate of drug-likeness (QED) is 0.453. The number of carboxylic acid groups (broad SMARTS) is 3. The van der Waals surface area contributed by atoms with Crippen molar-refractivity contribution in [1.29, 1.82) is 0 Å². The van der Waals surface area contributed by atoms with Crippen molar-refractivity contribution in [3.8, 4) is 5.75 Å². The minimum absolute atomic E-state index is 0.109. The molecule has 2 aromatic carbocycles. The lowest BCUT2D eigenvalue weighted by atomic mass is 10.1. The lowest BCUT2D eigenvalue weighted by molar-refractivity contribution is -0.155. The second-order valence-corrected chi connectivity index (χ2v) is 7.89. The molecule has 3 N–H and O–H groups in total. The summed E-state index contributed by atoms with van der Waals surface area (Å²) < 4.78 is 5.80. The summed E-state index contributed by atoms with van der Waals surface area (Å²) in [6.07, 6.45) is -0.140. The summed E-state index contributed by atoms with van der Waals surface area (Å²) in [6.45, 7) is -0.340. The van der Waals surface area contributed by atoms with Crippen LogP contribution in [0, 0.1) is 0 Å². The van der Waals surface area contributed by atoms with Gasteiger partial charge in [-0.15, -0.1) is 0 Å². The van der Waals surface area contributed by atoms with Crippen LogP contribution in [0.25, 0.3) is 0 Å². The summed E-state index contributed by atoms with van der Waals surface area (Å²) in [5.74, 6) is -2.53. The van der Waals surface area contributed by atoms with E-state index in [9.17, 15) is 24.6 Å². The first-order chi connectivity index (χ1) is 15.8. The zero-order chi connectivity index (χ0) is 23.8. The molecule has 1 aliphatic heterocycles. The predicted octanol–water partition coefficient (Wildman–Crippen LogP) is 1.22. The van der Waals surface area contributed by atoms with Crippen LogP contribution >= 0.6 is 0 Å². The summed E-state index contributed by atoms with van der Waals surface area (Å²) in [5, 5.41) is 27.8. The zero-order valence-electron chi connectivity index (χ0n) is 18.0. The van der Waals surface area contributed by atoms with E-state index in [1.54, 1.807) is 9.80 Å². The van der Waals surface area contributed by atoms with Crippen LogP contribution < -0.4 is 4.74 Å². The van der Waals surface area contributed by atoms with E-state index >= 15 is 0 Å². The topological polar surface area (TPSA) is 131 Å². The van der Waals surface area contributed by atoms with Gasteiger partial charge in [0.25, 0.3) is 0 Å². The van der Waals surface area contributed by atoms with E-state index in [0.717, 1.165) is 11.1 Å². The minimum Gasteiger partial charge on any atom is -0.489 e. The highest BCUT2D eigenvalue weighted by atomic mass is 16.5. The van der Waals surface area contributed by atoms with E-state index in [1.165, 1.54) is 4.90 Å². The monoisotopic (exact) mass is 457 g/mol. The van der Waals surface area contributed by atoms with Crippen molar-refractivity contribution in [3.05, 3.63) is 65.7 Å². The molecule has 33 heavy (non-hydrogen) atoms. The highest BCUT2D eigenvalue weighted by Gasteiger charge is 2.35. The number of ether oxygens (including phenoxy) is 1. The second-order valence-electron chi connectivity index (χ2n) is 7.89. The maximum Gasteiger partial charge on any atom is 0.317 e. The number of hydrogen-bond donors (Lipinski definition) is 3. The highest BCUT2D eigenvalue weighted by molar-refractivity contribution is 5.70. The van der Waals surface area contributed by atoms with Gasteiger partial charge in [0.1, 0.15) is 12.4 Å². The van der Waals surface area contributed by atoms with Gasteiger partial charge in [-0.25, -0.2) is 0 Å². The van der Waals surface area contributed by atoms with E-state index in [1.807, 2.05) is 54.6 Å². The molecule has 1 saturated heterocycles. The molecule has 2 aromatic rings. The Balaban J connectivity index is 1.72. The van der Waals surface area contributed by atoms with Crippen LogP contribution in [0.4, 0.5) is 0 Å². The summed E-state index contributed by atoms with van der Waals surface area (Å²) in [7, 11) is 0. The van der Waals surface area contributed by atoms with Crippen molar-refractivity contribution in [2.24, 2.45) is 0 Å². The van der Waals surface area contributed by atoms with Crippen LogP contribution in [0.1, 0.15) is 11.1 Å². The Morgan fingerprint density at radius 1 is 0.758 bits per heavy atom. The molecule has 1 fully saturated rings. The van der Waals surface area contributed by atoms with Crippen molar-refractivity contribution in [3.63, 3.8) is 0 Å². The van der Waals surface area contributed by atoms with Crippen LogP contribution in [0.5, 0.6) is 5.75 Å². The molecule has 3 rings (SSSR count). The zero-order valence-corrected chi connectivity index (χ0v) is 18.0. The molecule has 0 unspecified atom stereocenters. The third-order valence-corrected chi connectivity index (χ3v) is 5.23. The molecule has 0 radical (unpaired) electrons. The number of benzene rings is 2. The minimum atomic E-state index is -1.07. The molecule has 1 aliphatic rings. The maximum absolute atomic E-state index is 11.4. The average Bonchev–Trinajstić information content (AvgIpc) is 2.75. The van der Waals surface area contributed by atoms with Gasteiger partial charge in [-0.2, -0.15) is 0 Å². The smallest absolute Gasteiger partial charge is 0.317 e. The van der Waals surface area contributed by atoms with Gasteiger partial charge in [-0.3, -0.25) is 29.1 Å². The fourth-order valence-electron chi connectivity index (χ4n) is 3.86. The third kappa shape index (κ3) is 7.56. The molecule has 0 saturated carbocycles. The standard InChI is InChI=1S/C23H27N3O7/c27-21(28)11-24-15-25(12-22(29)30)20(26(16-24)13-23(31)32)10-17-6-8-19(9-7-17)33-14-18-4-2-1-3-5-18/h1-9,20H,10-16H2,(H,27,28)(H,29,30)(H,31,32). The van der Waals surface area contributed by atoms with Gasteiger partial charge < -0.3 is 20.1 Å². The molecule has 176 valence electrons. The summed E-state index contributed by atoms with van der Waals surface area (Å²) in [6, 6.07) is 17.1. The average molecular weight is 457 g/mol. The van der Waals surface area contributed by atoms with Crippen molar-refractivity contribution in [2.45, 2.75) is 19.2 Å². The number of carboxylic acids is 3. The predicted molar refractivity (Wildman–Crippen MR) is 117 cm³/mol. The normalized spacial score (nSPS) is 15.9. The second kappa shape index (κ2) is 11.4. The Morgan fingerprint density at radius 2 is 1.30 bits per heavy atom. The molecule has 10 heteroatoms. The van der Waals surface area contributed by atoms with E-state index in [2.05, 4.69) is 0 Å². The highest BCUT2D eigenvalue weighted by Crippen LogP contribution is 2.21. The SMILES string of the molecule is O=C(O)CN1CN(CC(=O)O)C(Cc2ccc(OCc3ccccc3)cc2)N(CC(=O)O)C1. The molecule has 1 heterocycles. The van der Waals surface area contributed by atoms with Gasteiger partial charge >= 0.3 is 17.9 Å². The first kappa shape index (κ1) is 24.2. The number of nitrogens with zero attached hydrogens (tertiary/aromatic N) is 3. The molecule has 0 aliphatic carbocycles. The number of hydrogen-bond acceptors (Lipinski definition) is 7. The number of carbonyl (C=O) groups is 3. The van der Waals surface area contributed by atoms with Gasteiger partial charge in [0.05, 0.1) is 39.1 Å². The molecule has 0 bridgehead atoms. The van der Waals surface area contributed by atoms with Crippen molar-refractivity contribution in [2.75, 3.05) is 33.0 Å². The first-order valence-corrected chi connectivity index (χ1v) is 10.4. The third-order valence-electron chi connectivity index (χ3n) is 5.23. The van der Waals surface area contributed by atoms with E-state index < -0.39 is 24.1 Å². The van der Waals surface area contributed by atoms with Crippen LogP contribution in [0.2, 0.25) is 0 Å². The van der Waals surface area contributed by atoms with Crippen LogP contribution in [-0.2, 0) is 27.4 Å². The molecular formula is C23H27N3O7. The van der Waals surface area contributed by atoms with Gasteiger partial charge in [-0.1, -0.05) is 42.5 Å². The van der Waals surface area contributed by atoms with Crippen molar-refractivity contribution >= 4 is 17.9 Å². The maximum atomic E-state index is 11.4. The van der Waals surface area contributed by atoms with E-state index in [0.29, 0.717) is 18.8 Å². The Labute approximate surface area is 191 Å². The van der Waals surface area contributed by atoms with E-state index in [4.69, 9.17) is 9.84 Å². The molecule has 0 atom stereocenters. The molecule has 0 spiro atoms. The van der Waals surface area contributed by atoms with Gasteiger partial charge in [-0.05, 0) is 23.3 Å². The number of aliphatic carboxylic acids is 3. The van der Waals surface area contributed by atoms with Crippen LogP contribution in [0.15, 0.2) is 54.6 Å². The Hall–Kier alpha value is -3.47. The summed E-state index contributed by atoms with van der Waals surface area (Å²) in [5.41, 5.74) is 1.92. The number of rotatable bonds is 11. The Bertz CT molecular complexity index is 926. The Morgan fingerprint density at radius 3 is 1.82 bits per heavy atom. The summed E-state index contributed by atoms with van der Waals surface area (Å²) >= 11 is 0. The largest absolute Gasteiger partial charge is 0.489 e. The van der Waals surface area contributed by atoms with Crippen LogP contribution in [0.3, 0.4) is 0 Å². The van der Waals surface area contributed by atoms with Gasteiger partial charge in [0.2, 0.25) is 0 Å². The van der Waals surface area contributed by atoms with Crippen LogP contribution in [-0.4, -0.2) is 87.1 Å². The van der Waals surface area contributed by atoms with Gasteiger partial charge in [0, 0.05) is 6.42 Å². The first-order valence-electron chi connectivity index (χ1n) is 10.4.